The Morgan fingerprint density at radius 1 is 1.39 bits per heavy atom. The summed E-state index contributed by atoms with van der Waals surface area (Å²) >= 11 is 13.0. The van der Waals surface area contributed by atoms with Gasteiger partial charge in [-0.1, -0.05) is 60.7 Å². The Balaban J connectivity index is 1.71. The van der Waals surface area contributed by atoms with Crippen LogP contribution < -0.4 is 4.90 Å². The van der Waals surface area contributed by atoms with Crippen LogP contribution in [-0.2, 0) is 4.79 Å². The minimum absolute atomic E-state index is 0.00559. The molecular weight excluding hydrogens is 348 g/mol. The summed E-state index contributed by atoms with van der Waals surface area (Å²) in [5, 5.41) is 0.647. The number of quaternary nitrogens is 1. The van der Waals surface area contributed by atoms with Crippen molar-refractivity contribution in [3.05, 3.63) is 39.8 Å². The second-order valence-electron chi connectivity index (χ2n) is 6.22. The van der Waals surface area contributed by atoms with Gasteiger partial charge in [-0.25, -0.2) is 4.90 Å². The number of hydrogen-bond acceptors (Lipinski definition) is 3. The number of thiocarbonyl (C=S) groups is 1. The van der Waals surface area contributed by atoms with Crippen LogP contribution in [0.1, 0.15) is 25.3 Å². The minimum atomic E-state index is 0.00559. The van der Waals surface area contributed by atoms with E-state index in [1.165, 1.54) is 29.5 Å². The van der Waals surface area contributed by atoms with Crippen molar-refractivity contribution in [1.82, 2.24) is 4.90 Å². The highest BCUT2D eigenvalue weighted by atomic mass is 35.5. The maximum atomic E-state index is 12.7. The second kappa shape index (κ2) is 7.34. The average molecular weight is 368 g/mol. The molecule has 2 aliphatic rings. The minimum Gasteiger partial charge on any atom is -0.317 e. The van der Waals surface area contributed by atoms with Crippen molar-refractivity contribution >= 4 is 51.9 Å². The van der Waals surface area contributed by atoms with Gasteiger partial charge in [0.25, 0.3) is 5.91 Å². The molecule has 0 spiro atoms. The predicted octanol–water partition coefficient (Wildman–Crippen LogP) is 2.81. The van der Waals surface area contributed by atoms with Crippen molar-refractivity contribution in [3.63, 3.8) is 0 Å². The van der Waals surface area contributed by atoms with Crippen molar-refractivity contribution in [2.45, 2.75) is 19.8 Å². The third kappa shape index (κ3) is 3.97. The van der Waals surface area contributed by atoms with E-state index in [9.17, 15) is 4.79 Å². The van der Waals surface area contributed by atoms with Crippen LogP contribution in [0.5, 0.6) is 0 Å². The van der Waals surface area contributed by atoms with Gasteiger partial charge in [0.1, 0.15) is 0 Å². The van der Waals surface area contributed by atoms with Crippen LogP contribution in [0.4, 0.5) is 0 Å². The number of nitrogens with zero attached hydrogens (tertiary/aromatic N) is 1. The fourth-order valence-electron chi connectivity index (χ4n) is 2.92. The lowest BCUT2D eigenvalue weighted by Crippen LogP contribution is -3.14. The molecule has 2 aliphatic heterocycles. The molecule has 2 fully saturated rings. The van der Waals surface area contributed by atoms with Crippen molar-refractivity contribution in [1.29, 1.82) is 0 Å². The Bertz CT molecular complexity index is 654. The van der Waals surface area contributed by atoms with Crippen LogP contribution in [0.15, 0.2) is 29.2 Å². The third-order valence-corrected chi connectivity index (χ3v) is 6.15. The number of thioether (sulfide) groups is 1. The zero-order valence-corrected chi connectivity index (χ0v) is 15.4. The molecule has 2 saturated heterocycles. The first-order valence-electron chi connectivity index (χ1n) is 7.88. The monoisotopic (exact) mass is 367 g/mol. The molecule has 0 atom stereocenters. The van der Waals surface area contributed by atoms with Crippen LogP contribution in [-0.4, -0.2) is 34.9 Å². The van der Waals surface area contributed by atoms with E-state index in [0.29, 0.717) is 20.9 Å². The van der Waals surface area contributed by atoms with Crippen molar-refractivity contribution in [2.24, 2.45) is 5.92 Å². The quantitative estimate of drug-likeness (QED) is 0.656. The summed E-state index contributed by atoms with van der Waals surface area (Å²) in [6.45, 7) is 5.20. The number of piperidine rings is 1. The first-order chi connectivity index (χ1) is 11.0. The number of benzene rings is 1. The summed E-state index contributed by atoms with van der Waals surface area (Å²) in [6, 6.07) is 7.53. The van der Waals surface area contributed by atoms with E-state index in [-0.39, 0.29) is 5.91 Å². The largest absolute Gasteiger partial charge is 0.317 e. The molecule has 0 saturated carbocycles. The SMILES string of the molecule is CC1CC[NH+](CN2C(=O)/C(=C/c3ccccc3Cl)SC2=S)CC1. The van der Waals surface area contributed by atoms with Gasteiger partial charge in [-0.3, -0.25) is 4.79 Å². The molecule has 1 aromatic rings. The van der Waals surface area contributed by atoms with Gasteiger partial charge in [0, 0.05) is 5.02 Å². The molecule has 23 heavy (non-hydrogen) atoms. The predicted molar refractivity (Wildman–Crippen MR) is 100 cm³/mol. The fourth-order valence-corrected chi connectivity index (χ4v) is 4.36. The van der Waals surface area contributed by atoms with E-state index in [1.54, 1.807) is 4.90 Å². The molecule has 0 aromatic heterocycles. The van der Waals surface area contributed by atoms with E-state index in [1.807, 2.05) is 30.3 Å². The van der Waals surface area contributed by atoms with E-state index in [0.717, 1.165) is 24.6 Å². The summed E-state index contributed by atoms with van der Waals surface area (Å²) in [5.41, 5.74) is 0.855. The summed E-state index contributed by atoms with van der Waals surface area (Å²) < 4.78 is 0.652. The van der Waals surface area contributed by atoms with E-state index >= 15 is 0 Å². The molecule has 1 N–H and O–H groups in total. The number of amides is 1. The summed E-state index contributed by atoms with van der Waals surface area (Å²) in [5.74, 6) is 0.802. The maximum absolute atomic E-state index is 12.7. The Kier molecular flexibility index (Phi) is 5.42. The van der Waals surface area contributed by atoms with Crippen LogP contribution in [0.2, 0.25) is 5.02 Å². The first-order valence-corrected chi connectivity index (χ1v) is 9.48. The van der Waals surface area contributed by atoms with Gasteiger partial charge < -0.3 is 4.90 Å². The van der Waals surface area contributed by atoms with Crippen LogP contribution in [0, 0.1) is 5.92 Å². The second-order valence-corrected chi connectivity index (χ2v) is 8.30. The molecule has 3 rings (SSSR count). The lowest BCUT2D eigenvalue weighted by Gasteiger charge is -2.29. The smallest absolute Gasteiger partial charge is 0.270 e. The molecule has 2 heterocycles. The number of rotatable bonds is 3. The molecule has 0 radical (unpaired) electrons. The normalized spacial score (nSPS) is 27.0. The van der Waals surface area contributed by atoms with Crippen molar-refractivity contribution in [3.8, 4) is 0 Å². The number of hydrogen-bond donors (Lipinski definition) is 1. The number of likely N-dealkylation sites (tertiary alicyclic amines) is 1. The molecule has 1 amide bonds. The lowest BCUT2D eigenvalue weighted by atomic mass is 10.00. The number of halogens is 1. The van der Waals surface area contributed by atoms with Gasteiger partial charge in [-0.05, 0) is 36.5 Å². The molecule has 1 aromatic carbocycles. The Labute approximate surface area is 151 Å². The number of carbonyl (C=O) groups excluding carboxylic acids is 1. The fraction of sp³-hybridized carbons (Fsp3) is 0.412. The first kappa shape index (κ1) is 17.0. The van der Waals surface area contributed by atoms with Gasteiger partial charge >= 0.3 is 0 Å². The van der Waals surface area contributed by atoms with Gasteiger partial charge in [-0.15, -0.1) is 0 Å². The molecule has 0 aliphatic carbocycles. The van der Waals surface area contributed by atoms with E-state index in [2.05, 4.69) is 6.92 Å². The van der Waals surface area contributed by atoms with Gasteiger partial charge in [0.2, 0.25) is 0 Å². The van der Waals surface area contributed by atoms with Gasteiger partial charge in [0.05, 0.1) is 18.0 Å². The number of carbonyl (C=O) groups is 1. The molecule has 6 heteroatoms. The van der Waals surface area contributed by atoms with Crippen LogP contribution in [0.3, 0.4) is 0 Å². The van der Waals surface area contributed by atoms with Crippen LogP contribution >= 0.6 is 35.6 Å². The Hall–Kier alpha value is -0.880. The lowest BCUT2D eigenvalue weighted by molar-refractivity contribution is -0.913. The maximum Gasteiger partial charge on any atom is 0.270 e. The standard InChI is InChI=1S/C17H19ClN2OS2/c1-12-6-8-19(9-7-12)11-20-16(21)15(23-17(20)22)10-13-4-2-3-5-14(13)18/h2-5,10,12H,6-9,11H2,1H3/p+1/b15-10-. The third-order valence-electron chi connectivity index (χ3n) is 4.43. The molecule has 122 valence electrons. The zero-order chi connectivity index (χ0) is 16.4. The molecule has 0 unspecified atom stereocenters. The average Bonchev–Trinajstić information content (AvgIpc) is 2.79. The van der Waals surface area contributed by atoms with Gasteiger partial charge in [-0.2, -0.15) is 0 Å². The van der Waals surface area contributed by atoms with Crippen molar-refractivity contribution < 1.29 is 9.69 Å². The van der Waals surface area contributed by atoms with E-state index < -0.39 is 0 Å². The zero-order valence-electron chi connectivity index (χ0n) is 13.0. The topological polar surface area (TPSA) is 24.8 Å². The summed E-state index contributed by atoms with van der Waals surface area (Å²) in [7, 11) is 0. The molecular formula is C17H20ClN2OS2+. The molecule has 0 bridgehead atoms. The molecule has 3 nitrogen and oxygen atoms in total. The summed E-state index contributed by atoms with van der Waals surface area (Å²) in [6.07, 6.45) is 4.29. The van der Waals surface area contributed by atoms with Crippen LogP contribution in [0.25, 0.3) is 6.08 Å². The summed E-state index contributed by atoms with van der Waals surface area (Å²) in [4.78, 5) is 16.5. The Morgan fingerprint density at radius 2 is 2.09 bits per heavy atom. The number of nitrogens with one attached hydrogen (secondary N) is 1. The van der Waals surface area contributed by atoms with E-state index in [4.69, 9.17) is 23.8 Å². The highest BCUT2D eigenvalue weighted by molar-refractivity contribution is 8.26. The highest BCUT2D eigenvalue weighted by Crippen LogP contribution is 2.33. The Morgan fingerprint density at radius 3 is 2.78 bits per heavy atom. The van der Waals surface area contributed by atoms with Gasteiger partial charge in [0.15, 0.2) is 11.0 Å². The highest BCUT2D eigenvalue weighted by Gasteiger charge is 2.35. The van der Waals surface area contributed by atoms with Crippen molar-refractivity contribution in [2.75, 3.05) is 19.8 Å².